The molecule has 1 aliphatic rings. The Morgan fingerprint density at radius 1 is 1.21 bits per heavy atom. The minimum atomic E-state index is -0.597. The van der Waals surface area contributed by atoms with E-state index in [0.29, 0.717) is 23.8 Å². The number of fused-ring (bicyclic) bond motifs is 1. The second-order valence-electron chi connectivity index (χ2n) is 7.16. The maximum Gasteiger partial charge on any atom is 0.279 e. The van der Waals surface area contributed by atoms with E-state index in [2.05, 4.69) is 31.0 Å². The first kappa shape index (κ1) is 20.2. The average molecular weight is 446 g/mol. The molecule has 3 N–H and O–H groups in total. The van der Waals surface area contributed by atoms with E-state index in [1.807, 2.05) is 0 Å². The molecule has 1 atom stereocenters. The van der Waals surface area contributed by atoms with Gasteiger partial charge in [-0.15, -0.1) is 5.10 Å². The molecule has 0 radical (unpaired) electrons. The van der Waals surface area contributed by atoms with Gasteiger partial charge in [-0.1, -0.05) is 6.07 Å². The van der Waals surface area contributed by atoms with Gasteiger partial charge in [0.2, 0.25) is 5.91 Å². The predicted molar refractivity (Wildman–Crippen MR) is 117 cm³/mol. The molecule has 1 fully saturated rings. The van der Waals surface area contributed by atoms with Gasteiger partial charge in [0.15, 0.2) is 22.9 Å². The highest BCUT2D eigenvalue weighted by atomic mass is 16.5. The number of anilines is 2. The van der Waals surface area contributed by atoms with Crippen LogP contribution >= 0.6 is 0 Å². The third-order valence-corrected chi connectivity index (χ3v) is 5.09. The van der Waals surface area contributed by atoms with Gasteiger partial charge in [-0.05, 0) is 24.3 Å². The van der Waals surface area contributed by atoms with Gasteiger partial charge in [-0.25, -0.2) is 14.5 Å². The Morgan fingerprint density at radius 2 is 2.09 bits per heavy atom. The van der Waals surface area contributed by atoms with Crippen LogP contribution in [0.25, 0.3) is 11.5 Å². The lowest BCUT2D eigenvalue weighted by atomic mass is 10.1. The van der Waals surface area contributed by atoms with E-state index < -0.39 is 11.9 Å². The summed E-state index contributed by atoms with van der Waals surface area (Å²) >= 11 is 0. The van der Waals surface area contributed by atoms with E-state index in [1.165, 1.54) is 22.4 Å². The third-order valence-electron chi connectivity index (χ3n) is 5.09. The molecular formula is C21H18N8O4. The first-order valence-corrected chi connectivity index (χ1v) is 9.96. The van der Waals surface area contributed by atoms with Crippen LogP contribution in [0.2, 0.25) is 0 Å². The van der Waals surface area contributed by atoms with Crippen LogP contribution in [0.1, 0.15) is 10.5 Å². The Balaban J connectivity index is 1.51. The topological polar surface area (TPSA) is 145 Å². The van der Waals surface area contributed by atoms with Crippen LogP contribution in [0, 0.1) is 0 Å². The molecule has 12 heteroatoms. The number of aromatic nitrogens is 5. The maximum absolute atomic E-state index is 13.0. The number of methoxy groups -OCH3 is 1. The molecule has 5 rings (SSSR count). The van der Waals surface area contributed by atoms with Crippen molar-refractivity contribution in [1.82, 2.24) is 34.8 Å². The van der Waals surface area contributed by atoms with E-state index in [1.54, 1.807) is 48.8 Å². The quantitative estimate of drug-likeness (QED) is 0.358. The lowest BCUT2D eigenvalue weighted by molar-refractivity contribution is -0.128. The van der Waals surface area contributed by atoms with E-state index in [-0.39, 0.29) is 28.7 Å². The Kier molecular flexibility index (Phi) is 4.94. The highest BCUT2D eigenvalue weighted by Crippen LogP contribution is 2.24. The van der Waals surface area contributed by atoms with Crippen molar-refractivity contribution in [2.45, 2.75) is 6.04 Å². The van der Waals surface area contributed by atoms with Gasteiger partial charge >= 0.3 is 0 Å². The molecule has 12 nitrogen and oxygen atoms in total. The zero-order chi connectivity index (χ0) is 22.9. The van der Waals surface area contributed by atoms with Crippen molar-refractivity contribution in [2.75, 3.05) is 19.0 Å². The number of β-lactam (4-membered cyclic amide) rings is 1. The Bertz CT molecular complexity index is 1430. The van der Waals surface area contributed by atoms with E-state index in [9.17, 15) is 14.4 Å². The molecule has 5 heterocycles. The number of amides is 2. The van der Waals surface area contributed by atoms with Crippen molar-refractivity contribution < 1.29 is 14.3 Å². The summed E-state index contributed by atoms with van der Waals surface area (Å²) in [6, 6.07) is 9.55. The van der Waals surface area contributed by atoms with Gasteiger partial charge in [0.05, 0.1) is 13.3 Å². The molecule has 0 saturated carbocycles. The third kappa shape index (κ3) is 3.63. The minimum absolute atomic E-state index is 0.116. The molecule has 33 heavy (non-hydrogen) atoms. The number of hydrogen-bond acceptors (Lipinski definition) is 8. The summed E-state index contributed by atoms with van der Waals surface area (Å²) in [6.45, 7) is 0.363. The van der Waals surface area contributed by atoms with Gasteiger partial charge in [0.1, 0.15) is 17.5 Å². The fourth-order valence-corrected chi connectivity index (χ4v) is 3.35. The van der Waals surface area contributed by atoms with Crippen molar-refractivity contribution in [3.8, 4) is 11.6 Å². The van der Waals surface area contributed by atoms with Gasteiger partial charge < -0.3 is 20.7 Å². The van der Waals surface area contributed by atoms with Crippen LogP contribution in [0.15, 0.2) is 59.8 Å². The maximum atomic E-state index is 13.0. The lowest BCUT2D eigenvalue weighted by Crippen LogP contribution is -2.61. The zero-order valence-electron chi connectivity index (χ0n) is 17.3. The number of nitrogens with zero attached hydrogens (tertiary/aromatic N) is 5. The van der Waals surface area contributed by atoms with Crippen molar-refractivity contribution in [1.29, 1.82) is 0 Å². The SMILES string of the molecule is COc1cc(Nc2cccn(-c3ccccn3)c2=O)nn2c(C(=O)N[C@@H]3CNC3=O)cnc12. The number of carbonyl (C=O) groups is 2. The van der Waals surface area contributed by atoms with Crippen LogP contribution < -0.4 is 26.2 Å². The summed E-state index contributed by atoms with van der Waals surface area (Å²) < 4.78 is 8.10. The second kappa shape index (κ2) is 8.07. The molecular weight excluding hydrogens is 428 g/mol. The predicted octanol–water partition coefficient (Wildman–Crippen LogP) is 0.256. The largest absolute Gasteiger partial charge is 0.493 e. The number of carbonyl (C=O) groups excluding carboxylic acids is 2. The standard InChI is InChI=1S/C21H18N8O4/c1-33-15-9-16(25-12-5-4-8-28(21(12)32)17-6-2-3-7-22-17)27-29-14(11-23-18(15)29)20(31)26-13-10-24-19(13)30/h2-9,11,13H,10H2,1H3,(H,24,30)(H,25,27)(H,26,31)/t13-/m1/s1. The molecule has 166 valence electrons. The van der Waals surface area contributed by atoms with Crippen molar-refractivity contribution in [2.24, 2.45) is 0 Å². The summed E-state index contributed by atoms with van der Waals surface area (Å²) in [5.41, 5.74) is 0.335. The lowest BCUT2D eigenvalue weighted by Gasteiger charge is -2.26. The van der Waals surface area contributed by atoms with Gasteiger partial charge in [0, 0.05) is 25.0 Å². The first-order chi connectivity index (χ1) is 16.0. The highest BCUT2D eigenvalue weighted by molar-refractivity contribution is 5.98. The van der Waals surface area contributed by atoms with E-state index >= 15 is 0 Å². The number of ether oxygens (including phenoxy) is 1. The smallest absolute Gasteiger partial charge is 0.279 e. The molecule has 0 bridgehead atoms. The van der Waals surface area contributed by atoms with E-state index in [4.69, 9.17) is 4.74 Å². The first-order valence-electron chi connectivity index (χ1n) is 9.96. The summed E-state index contributed by atoms with van der Waals surface area (Å²) in [5.74, 6) is 0.308. The van der Waals surface area contributed by atoms with Gasteiger partial charge in [-0.2, -0.15) is 0 Å². The molecule has 0 aromatic carbocycles. The van der Waals surface area contributed by atoms with Crippen LogP contribution in [0.3, 0.4) is 0 Å². The van der Waals surface area contributed by atoms with Crippen LogP contribution in [-0.2, 0) is 4.79 Å². The fraction of sp³-hybridized carbons (Fsp3) is 0.143. The monoisotopic (exact) mass is 446 g/mol. The Morgan fingerprint density at radius 3 is 2.79 bits per heavy atom. The number of rotatable bonds is 6. The Hall–Kier alpha value is -4.74. The molecule has 1 saturated heterocycles. The minimum Gasteiger partial charge on any atom is -0.493 e. The van der Waals surface area contributed by atoms with Gasteiger partial charge in [-0.3, -0.25) is 19.0 Å². The second-order valence-corrected chi connectivity index (χ2v) is 7.16. The number of hydrogen-bond donors (Lipinski definition) is 3. The molecule has 1 aliphatic heterocycles. The zero-order valence-corrected chi connectivity index (χ0v) is 17.3. The van der Waals surface area contributed by atoms with Crippen molar-refractivity contribution in [3.63, 3.8) is 0 Å². The molecule has 4 aromatic heterocycles. The molecule has 0 aliphatic carbocycles. The summed E-state index contributed by atoms with van der Waals surface area (Å²) in [4.78, 5) is 45.6. The van der Waals surface area contributed by atoms with Crippen LogP contribution in [-0.4, -0.2) is 55.7 Å². The number of pyridine rings is 2. The van der Waals surface area contributed by atoms with Crippen molar-refractivity contribution >= 4 is 29.0 Å². The molecule has 4 aromatic rings. The highest BCUT2D eigenvalue weighted by Gasteiger charge is 2.30. The van der Waals surface area contributed by atoms with Gasteiger partial charge in [0.25, 0.3) is 11.5 Å². The fourth-order valence-electron chi connectivity index (χ4n) is 3.35. The number of imidazole rings is 1. The molecule has 2 amide bonds. The normalized spacial score (nSPS) is 14.9. The van der Waals surface area contributed by atoms with E-state index in [0.717, 1.165) is 0 Å². The van der Waals surface area contributed by atoms with Crippen LogP contribution in [0.5, 0.6) is 5.75 Å². The summed E-state index contributed by atoms with van der Waals surface area (Å²) in [6.07, 6.45) is 4.56. The van der Waals surface area contributed by atoms with Crippen molar-refractivity contribution in [3.05, 3.63) is 71.0 Å². The number of nitrogens with one attached hydrogen (secondary N) is 3. The molecule has 0 spiro atoms. The van der Waals surface area contributed by atoms with Crippen LogP contribution in [0.4, 0.5) is 11.5 Å². The summed E-state index contributed by atoms with van der Waals surface area (Å²) in [5, 5.41) is 12.6. The molecule has 0 unspecified atom stereocenters. The Labute approximate surface area is 186 Å². The average Bonchev–Trinajstić information content (AvgIpc) is 3.27. The summed E-state index contributed by atoms with van der Waals surface area (Å²) in [7, 11) is 1.46.